The van der Waals surface area contributed by atoms with Crippen molar-refractivity contribution in [3.8, 4) is 0 Å². The van der Waals surface area contributed by atoms with Crippen LogP contribution in [0.15, 0.2) is 22.7 Å². The van der Waals surface area contributed by atoms with E-state index in [9.17, 15) is 4.79 Å². The predicted octanol–water partition coefficient (Wildman–Crippen LogP) is 4.28. The van der Waals surface area contributed by atoms with Crippen LogP contribution in [-0.2, 0) is 4.79 Å². The number of halogens is 1. The van der Waals surface area contributed by atoms with Crippen molar-refractivity contribution in [2.45, 2.75) is 39.5 Å². The van der Waals surface area contributed by atoms with Crippen LogP contribution >= 0.6 is 15.9 Å². The third-order valence-corrected chi connectivity index (χ3v) is 4.20. The average molecular weight is 296 g/mol. The molecule has 1 aromatic carbocycles. The van der Waals surface area contributed by atoms with E-state index in [0.29, 0.717) is 0 Å². The van der Waals surface area contributed by atoms with Gasteiger partial charge < -0.3 is 5.32 Å². The van der Waals surface area contributed by atoms with Crippen molar-refractivity contribution in [1.82, 2.24) is 0 Å². The van der Waals surface area contributed by atoms with Crippen molar-refractivity contribution in [1.29, 1.82) is 0 Å². The van der Waals surface area contributed by atoms with E-state index in [1.54, 1.807) is 0 Å². The normalized spacial score (nSPS) is 18.1. The van der Waals surface area contributed by atoms with E-state index in [4.69, 9.17) is 0 Å². The predicted molar refractivity (Wildman–Crippen MR) is 74.1 cm³/mol. The molecule has 1 aromatic rings. The second-order valence-corrected chi connectivity index (χ2v) is 6.10. The molecule has 1 amide bonds. The van der Waals surface area contributed by atoms with Crippen molar-refractivity contribution in [2.24, 2.45) is 5.41 Å². The maximum Gasteiger partial charge on any atom is 0.230 e. The summed E-state index contributed by atoms with van der Waals surface area (Å²) in [6.07, 6.45) is 4.35. The quantitative estimate of drug-likeness (QED) is 0.867. The van der Waals surface area contributed by atoms with Crippen LogP contribution < -0.4 is 5.32 Å². The lowest BCUT2D eigenvalue weighted by molar-refractivity contribution is -0.124. The number of nitrogens with one attached hydrogen (secondary N) is 1. The monoisotopic (exact) mass is 295 g/mol. The Morgan fingerprint density at radius 2 is 2.00 bits per heavy atom. The number of rotatable bonds is 2. The highest BCUT2D eigenvalue weighted by atomic mass is 79.9. The molecular formula is C14H18BrNO. The van der Waals surface area contributed by atoms with Crippen molar-refractivity contribution in [3.05, 3.63) is 28.2 Å². The smallest absolute Gasteiger partial charge is 0.230 e. The maximum atomic E-state index is 12.3. The Hall–Kier alpha value is -0.830. The van der Waals surface area contributed by atoms with Gasteiger partial charge in [0.15, 0.2) is 0 Å². The van der Waals surface area contributed by atoms with Gasteiger partial charge in [0, 0.05) is 15.6 Å². The summed E-state index contributed by atoms with van der Waals surface area (Å²) in [5.74, 6) is 0.163. The first-order valence-electron chi connectivity index (χ1n) is 6.09. The number of amides is 1. The van der Waals surface area contributed by atoms with Crippen LogP contribution in [0.4, 0.5) is 5.69 Å². The summed E-state index contributed by atoms with van der Waals surface area (Å²) in [4.78, 5) is 12.3. The molecule has 0 bridgehead atoms. The van der Waals surface area contributed by atoms with Crippen LogP contribution in [0.5, 0.6) is 0 Å². The van der Waals surface area contributed by atoms with Gasteiger partial charge in [-0.05, 0) is 37.5 Å². The minimum atomic E-state index is -0.172. The summed E-state index contributed by atoms with van der Waals surface area (Å²) in [6, 6.07) is 5.96. The van der Waals surface area contributed by atoms with Crippen LogP contribution in [0.3, 0.4) is 0 Å². The van der Waals surface area contributed by atoms with Crippen molar-refractivity contribution >= 4 is 27.5 Å². The summed E-state index contributed by atoms with van der Waals surface area (Å²) in [6.45, 7) is 4.09. The minimum absolute atomic E-state index is 0.163. The molecule has 1 saturated carbocycles. The summed E-state index contributed by atoms with van der Waals surface area (Å²) in [7, 11) is 0. The van der Waals surface area contributed by atoms with Crippen molar-refractivity contribution < 1.29 is 4.79 Å². The van der Waals surface area contributed by atoms with E-state index in [2.05, 4.69) is 28.2 Å². The Bertz CT molecular complexity index is 436. The van der Waals surface area contributed by atoms with Crippen LogP contribution in [0.25, 0.3) is 0 Å². The summed E-state index contributed by atoms with van der Waals surface area (Å²) in [5, 5.41) is 3.06. The van der Waals surface area contributed by atoms with Crippen molar-refractivity contribution in [3.63, 3.8) is 0 Å². The molecule has 1 aliphatic rings. The summed E-state index contributed by atoms with van der Waals surface area (Å²) < 4.78 is 0.995. The zero-order valence-electron chi connectivity index (χ0n) is 10.3. The number of carbonyl (C=O) groups excluding carboxylic acids is 1. The molecule has 2 nitrogen and oxygen atoms in total. The Morgan fingerprint density at radius 3 is 2.65 bits per heavy atom. The summed E-state index contributed by atoms with van der Waals surface area (Å²) >= 11 is 3.43. The summed E-state index contributed by atoms with van der Waals surface area (Å²) in [5.41, 5.74) is 1.84. The first kappa shape index (κ1) is 12.6. The number of carbonyl (C=O) groups is 1. The number of anilines is 1. The number of hydrogen-bond donors (Lipinski definition) is 1. The van der Waals surface area contributed by atoms with Gasteiger partial charge in [-0.2, -0.15) is 0 Å². The molecule has 0 heterocycles. The first-order valence-corrected chi connectivity index (χ1v) is 6.88. The van der Waals surface area contributed by atoms with Crippen LogP contribution in [-0.4, -0.2) is 5.91 Å². The SMILES string of the molecule is Cc1ccc(Br)cc1NC(=O)C1(C)CCCC1. The molecule has 0 aliphatic heterocycles. The Morgan fingerprint density at radius 1 is 1.35 bits per heavy atom. The molecule has 0 radical (unpaired) electrons. The molecule has 92 valence electrons. The fourth-order valence-electron chi connectivity index (χ4n) is 2.38. The largest absolute Gasteiger partial charge is 0.325 e. The highest BCUT2D eigenvalue weighted by Gasteiger charge is 2.36. The topological polar surface area (TPSA) is 29.1 Å². The second kappa shape index (κ2) is 4.81. The number of benzene rings is 1. The van der Waals surface area contributed by atoms with Gasteiger partial charge in [0.25, 0.3) is 0 Å². The average Bonchev–Trinajstić information content (AvgIpc) is 2.72. The van der Waals surface area contributed by atoms with E-state index in [-0.39, 0.29) is 11.3 Å². The lowest BCUT2D eigenvalue weighted by Gasteiger charge is -2.23. The molecule has 0 saturated heterocycles. The molecule has 0 unspecified atom stereocenters. The first-order chi connectivity index (χ1) is 8.01. The van der Waals surface area contributed by atoms with E-state index >= 15 is 0 Å². The van der Waals surface area contributed by atoms with Gasteiger partial charge in [-0.25, -0.2) is 0 Å². The fourth-order valence-corrected chi connectivity index (χ4v) is 2.75. The molecule has 1 N–H and O–H groups in total. The number of aryl methyl sites for hydroxylation is 1. The Labute approximate surface area is 111 Å². The van der Waals surface area contributed by atoms with Crippen LogP contribution in [0.1, 0.15) is 38.2 Å². The standard InChI is InChI=1S/C14H18BrNO/c1-10-5-6-11(15)9-12(10)16-13(17)14(2)7-3-4-8-14/h5-6,9H,3-4,7-8H2,1-2H3,(H,16,17). The molecule has 0 spiro atoms. The van der Waals surface area contributed by atoms with Gasteiger partial charge in [-0.1, -0.05) is 41.8 Å². The van der Waals surface area contributed by atoms with Crippen LogP contribution in [0.2, 0.25) is 0 Å². The van der Waals surface area contributed by atoms with Gasteiger partial charge in [0.1, 0.15) is 0 Å². The van der Waals surface area contributed by atoms with Gasteiger partial charge in [-0.15, -0.1) is 0 Å². The van der Waals surface area contributed by atoms with Crippen molar-refractivity contribution in [2.75, 3.05) is 5.32 Å². The van der Waals surface area contributed by atoms with E-state index in [1.807, 2.05) is 25.1 Å². The zero-order valence-corrected chi connectivity index (χ0v) is 11.9. The maximum absolute atomic E-state index is 12.3. The molecule has 2 rings (SSSR count). The number of hydrogen-bond acceptors (Lipinski definition) is 1. The Balaban J connectivity index is 2.15. The van der Waals surface area contributed by atoms with Crippen LogP contribution in [0, 0.1) is 12.3 Å². The van der Waals surface area contributed by atoms with Gasteiger partial charge >= 0.3 is 0 Å². The fraction of sp³-hybridized carbons (Fsp3) is 0.500. The third kappa shape index (κ3) is 2.71. The molecule has 0 aromatic heterocycles. The van der Waals surface area contributed by atoms with Gasteiger partial charge in [-0.3, -0.25) is 4.79 Å². The molecule has 17 heavy (non-hydrogen) atoms. The minimum Gasteiger partial charge on any atom is -0.325 e. The van der Waals surface area contributed by atoms with E-state index < -0.39 is 0 Å². The molecular weight excluding hydrogens is 278 g/mol. The van der Waals surface area contributed by atoms with Gasteiger partial charge in [0.05, 0.1) is 0 Å². The lowest BCUT2D eigenvalue weighted by Crippen LogP contribution is -2.31. The Kier molecular flexibility index (Phi) is 3.57. The molecule has 3 heteroatoms. The highest BCUT2D eigenvalue weighted by Crippen LogP contribution is 2.38. The zero-order chi connectivity index (χ0) is 12.5. The third-order valence-electron chi connectivity index (χ3n) is 3.70. The molecule has 0 atom stereocenters. The van der Waals surface area contributed by atoms with E-state index in [0.717, 1.165) is 28.6 Å². The van der Waals surface area contributed by atoms with E-state index in [1.165, 1.54) is 12.8 Å². The van der Waals surface area contributed by atoms with Gasteiger partial charge in [0.2, 0.25) is 5.91 Å². The lowest BCUT2D eigenvalue weighted by atomic mass is 9.87. The highest BCUT2D eigenvalue weighted by molar-refractivity contribution is 9.10. The molecule has 1 fully saturated rings. The molecule has 1 aliphatic carbocycles. The second-order valence-electron chi connectivity index (χ2n) is 5.18.